The summed E-state index contributed by atoms with van der Waals surface area (Å²) in [4.78, 5) is 4.12. The molecule has 7 heteroatoms. The molecule has 0 saturated heterocycles. The number of nitrogens with zero attached hydrogens (tertiary/aromatic N) is 1. The van der Waals surface area contributed by atoms with Crippen LogP contribution in [0.1, 0.15) is 0 Å². The molecule has 24 heavy (non-hydrogen) atoms. The van der Waals surface area contributed by atoms with Crippen LogP contribution in [-0.2, 0) is 9.73 Å². The number of benzene rings is 2. The van der Waals surface area contributed by atoms with Crippen molar-refractivity contribution in [3.05, 3.63) is 54.5 Å². The third-order valence-electron chi connectivity index (χ3n) is 3.46. The number of hydrogen-bond acceptors (Lipinski definition) is 5. The zero-order valence-corrected chi connectivity index (χ0v) is 13.9. The van der Waals surface area contributed by atoms with Crippen LogP contribution in [0.2, 0.25) is 0 Å². The second-order valence-corrected chi connectivity index (χ2v) is 7.36. The molecule has 2 aromatic carbocycles. The monoisotopic (exact) mass is 346 g/mol. The molecule has 1 heterocycles. The Morgan fingerprint density at radius 1 is 1.12 bits per heavy atom. The van der Waals surface area contributed by atoms with E-state index in [1.165, 1.54) is 18.4 Å². The van der Waals surface area contributed by atoms with Crippen LogP contribution in [-0.4, -0.2) is 22.6 Å². The predicted molar refractivity (Wildman–Crippen MR) is 89.8 cm³/mol. The fourth-order valence-electron chi connectivity index (χ4n) is 2.31. The van der Waals surface area contributed by atoms with Gasteiger partial charge in [0.1, 0.15) is 23.1 Å². The Hall–Kier alpha value is -2.67. The van der Waals surface area contributed by atoms with E-state index in [0.29, 0.717) is 17.0 Å². The van der Waals surface area contributed by atoms with Gasteiger partial charge in [-0.15, -0.1) is 0 Å². The van der Waals surface area contributed by atoms with Gasteiger partial charge in [0.05, 0.1) is 27.3 Å². The number of methoxy groups -OCH3 is 1. The van der Waals surface area contributed by atoms with Gasteiger partial charge in [-0.2, -0.15) is 0 Å². The molecule has 0 saturated carbocycles. The highest BCUT2D eigenvalue weighted by Crippen LogP contribution is 2.31. The van der Waals surface area contributed by atoms with Crippen LogP contribution < -0.4 is 9.47 Å². The highest BCUT2D eigenvalue weighted by Gasteiger charge is 2.12. The first-order valence-electron chi connectivity index (χ1n) is 7.02. The van der Waals surface area contributed by atoms with Crippen LogP contribution >= 0.6 is 0 Å². The normalized spacial score (nSPS) is 13.5. The Kier molecular flexibility index (Phi) is 4.11. The van der Waals surface area contributed by atoms with Gasteiger partial charge in [0, 0.05) is 30.0 Å². The van der Waals surface area contributed by atoms with Crippen molar-refractivity contribution in [1.29, 1.82) is 4.78 Å². The van der Waals surface area contributed by atoms with E-state index in [1.807, 2.05) is 6.07 Å². The van der Waals surface area contributed by atoms with Gasteiger partial charge in [0.15, 0.2) is 0 Å². The summed E-state index contributed by atoms with van der Waals surface area (Å²) in [6, 6.07) is 11.0. The Morgan fingerprint density at radius 3 is 2.54 bits per heavy atom. The maximum atomic E-state index is 14.1. The van der Waals surface area contributed by atoms with Crippen LogP contribution in [0.4, 0.5) is 4.39 Å². The number of halogens is 1. The van der Waals surface area contributed by atoms with Crippen molar-refractivity contribution in [2.75, 3.05) is 13.4 Å². The number of aromatic nitrogens is 1. The SMILES string of the molecule is COc1ccc2c(Oc3ccc(S(C)(=N)=O)c(F)c3)ccnc2c1. The summed E-state index contributed by atoms with van der Waals surface area (Å²) in [6.07, 6.45) is 2.76. The van der Waals surface area contributed by atoms with Gasteiger partial charge in [0.25, 0.3) is 0 Å². The molecule has 0 spiro atoms. The molecular weight excluding hydrogens is 331 g/mol. The average molecular weight is 346 g/mol. The van der Waals surface area contributed by atoms with Crippen molar-refractivity contribution in [3.63, 3.8) is 0 Å². The van der Waals surface area contributed by atoms with Crippen molar-refractivity contribution in [2.24, 2.45) is 0 Å². The van der Waals surface area contributed by atoms with Crippen LogP contribution in [0, 0.1) is 10.6 Å². The van der Waals surface area contributed by atoms with E-state index in [-0.39, 0.29) is 10.6 Å². The van der Waals surface area contributed by atoms with Gasteiger partial charge in [-0.3, -0.25) is 4.98 Å². The van der Waals surface area contributed by atoms with E-state index < -0.39 is 15.5 Å². The van der Waals surface area contributed by atoms with E-state index >= 15 is 0 Å². The highest BCUT2D eigenvalue weighted by atomic mass is 32.2. The molecule has 1 atom stereocenters. The smallest absolute Gasteiger partial charge is 0.143 e. The summed E-state index contributed by atoms with van der Waals surface area (Å²) in [5, 5.41) is 0.752. The minimum absolute atomic E-state index is 0.140. The lowest BCUT2D eigenvalue weighted by Crippen LogP contribution is -1.99. The van der Waals surface area contributed by atoms with Gasteiger partial charge in [-0.05, 0) is 30.3 Å². The van der Waals surface area contributed by atoms with Gasteiger partial charge < -0.3 is 9.47 Å². The predicted octanol–water partition coefficient (Wildman–Crippen LogP) is 4.21. The van der Waals surface area contributed by atoms with Crippen molar-refractivity contribution < 1.29 is 18.1 Å². The molecular formula is C17H15FN2O3S. The van der Waals surface area contributed by atoms with Gasteiger partial charge in [-0.1, -0.05) is 0 Å². The summed E-state index contributed by atoms with van der Waals surface area (Å²) >= 11 is 0. The highest BCUT2D eigenvalue weighted by molar-refractivity contribution is 7.91. The first-order valence-corrected chi connectivity index (χ1v) is 8.99. The van der Waals surface area contributed by atoms with Gasteiger partial charge in [0.2, 0.25) is 0 Å². The Labute approximate surface area is 139 Å². The second-order valence-electron chi connectivity index (χ2n) is 5.23. The van der Waals surface area contributed by atoms with E-state index in [2.05, 4.69) is 4.98 Å². The third kappa shape index (κ3) is 3.16. The zero-order chi connectivity index (χ0) is 17.3. The molecule has 5 nitrogen and oxygen atoms in total. The quantitative estimate of drug-likeness (QED) is 0.768. The third-order valence-corrected chi connectivity index (χ3v) is 4.63. The maximum Gasteiger partial charge on any atom is 0.143 e. The molecule has 0 aliphatic carbocycles. The number of nitrogens with one attached hydrogen (secondary N) is 1. The number of hydrogen-bond donors (Lipinski definition) is 1. The minimum Gasteiger partial charge on any atom is -0.497 e. The Balaban J connectivity index is 2.00. The largest absolute Gasteiger partial charge is 0.497 e. The summed E-state index contributed by atoms with van der Waals surface area (Å²) in [5.74, 6) is 0.715. The van der Waals surface area contributed by atoms with Crippen molar-refractivity contribution in [1.82, 2.24) is 4.98 Å². The number of fused-ring (bicyclic) bond motifs is 1. The lowest BCUT2D eigenvalue weighted by Gasteiger charge is -2.11. The number of ether oxygens (including phenoxy) is 2. The van der Waals surface area contributed by atoms with Crippen molar-refractivity contribution >= 4 is 20.6 Å². The molecule has 0 fully saturated rings. The zero-order valence-electron chi connectivity index (χ0n) is 13.1. The molecule has 0 aliphatic rings. The van der Waals surface area contributed by atoms with Crippen LogP contribution in [0.15, 0.2) is 53.6 Å². The van der Waals surface area contributed by atoms with Crippen molar-refractivity contribution in [2.45, 2.75) is 4.90 Å². The molecule has 0 amide bonds. The molecule has 124 valence electrons. The molecule has 0 radical (unpaired) electrons. The molecule has 1 N–H and O–H groups in total. The lowest BCUT2D eigenvalue weighted by atomic mass is 10.2. The molecule has 1 unspecified atom stereocenters. The second kappa shape index (κ2) is 6.09. The van der Waals surface area contributed by atoms with E-state index in [4.69, 9.17) is 14.3 Å². The molecule has 0 aliphatic heterocycles. The summed E-state index contributed by atoms with van der Waals surface area (Å²) < 4.78 is 44.1. The summed E-state index contributed by atoms with van der Waals surface area (Å²) in [6.45, 7) is 0. The molecule has 3 aromatic rings. The van der Waals surface area contributed by atoms with Gasteiger partial charge in [-0.25, -0.2) is 13.4 Å². The summed E-state index contributed by atoms with van der Waals surface area (Å²) in [5.41, 5.74) is 0.687. The summed E-state index contributed by atoms with van der Waals surface area (Å²) in [7, 11) is -1.55. The molecule has 0 bridgehead atoms. The fourth-order valence-corrected chi connectivity index (χ4v) is 3.06. The maximum absolute atomic E-state index is 14.1. The molecule has 1 aromatic heterocycles. The van der Waals surface area contributed by atoms with Crippen LogP contribution in [0.3, 0.4) is 0 Å². The van der Waals surface area contributed by atoms with Gasteiger partial charge >= 0.3 is 0 Å². The Bertz CT molecular complexity index is 1020. The topological polar surface area (TPSA) is 72.3 Å². The molecule has 3 rings (SSSR count). The number of pyridine rings is 1. The van der Waals surface area contributed by atoms with E-state index in [0.717, 1.165) is 11.5 Å². The Morgan fingerprint density at radius 2 is 1.88 bits per heavy atom. The average Bonchev–Trinajstić information content (AvgIpc) is 2.53. The van der Waals surface area contributed by atoms with E-state index in [9.17, 15) is 8.60 Å². The van der Waals surface area contributed by atoms with E-state index in [1.54, 1.807) is 31.5 Å². The lowest BCUT2D eigenvalue weighted by molar-refractivity contribution is 0.415. The standard InChI is InChI=1S/C17H15FN2O3S/c1-22-11-3-5-13-15(10-11)20-8-7-16(13)23-12-4-6-17(14(18)9-12)24(2,19)21/h3-10,19H,1-2H3. The first-order chi connectivity index (χ1) is 11.4. The van der Waals surface area contributed by atoms with Crippen LogP contribution in [0.25, 0.3) is 10.9 Å². The number of rotatable bonds is 4. The fraction of sp³-hybridized carbons (Fsp3) is 0.118. The van der Waals surface area contributed by atoms with Crippen molar-refractivity contribution in [3.8, 4) is 17.2 Å². The minimum atomic E-state index is -3.12. The first kappa shape index (κ1) is 16.2. The van der Waals surface area contributed by atoms with Crippen LogP contribution in [0.5, 0.6) is 17.2 Å².